The lowest BCUT2D eigenvalue weighted by Crippen LogP contribution is -2.11. The first-order valence-corrected chi connectivity index (χ1v) is 7.18. The second-order valence-corrected chi connectivity index (χ2v) is 5.14. The fourth-order valence-corrected chi connectivity index (χ4v) is 2.35. The third-order valence-corrected chi connectivity index (χ3v) is 3.48. The highest BCUT2D eigenvalue weighted by atomic mass is 19.1. The number of para-hydroxylation sites is 2. The van der Waals surface area contributed by atoms with E-state index in [0.29, 0.717) is 17.2 Å². The molecule has 0 spiro atoms. The van der Waals surface area contributed by atoms with Gasteiger partial charge in [-0.05, 0) is 24.3 Å². The van der Waals surface area contributed by atoms with E-state index in [1.165, 1.54) is 18.2 Å². The van der Waals surface area contributed by atoms with Gasteiger partial charge in [-0.1, -0.05) is 29.4 Å². The summed E-state index contributed by atoms with van der Waals surface area (Å²) in [4.78, 5) is 19.5. The highest BCUT2D eigenvalue weighted by Crippen LogP contribution is 2.21. The van der Waals surface area contributed by atoms with Gasteiger partial charge >= 0.3 is 0 Å². The number of fused-ring (bicyclic) bond motifs is 1. The molecule has 0 fully saturated rings. The summed E-state index contributed by atoms with van der Waals surface area (Å²) < 4.78 is 18.3. The van der Waals surface area contributed by atoms with Crippen molar-refractivity contribution in [3.8, 4) is 11.3 Å². The van der Waals surface area contributed by atoms with Gasteiger partial charge < -0.3 is 9.51 Å². The number of hydrogen-bond donors (Lipinski definition) is 2. The molecule has 2 aromatic carbocycles. The minimum Gasteiger partial charge on any atom is -0.350 e. The fourth-order valence-electron chi connectivity index (χ4n) is 2.35. The van der Waals surface area contributed by atoms with Crippen LogP contribution in [0.25, 0.3) is 22.3 Å². The third kappa shape index (κ3) is 2.63. The minimum absolute atomic E-state index is 0.00900. The first-order chi connectivity index (χ1) is 11.7. The van der Waals surface area contributed by atoms with E-state index < -0.39 is 5.91 Å². The topological polar surface area (TPSA) is 83.8 Å². The number of anilines is 1. The van der Waals surface area contributed by atoms with Gasteiger partial charge in [0.25, 0.3) is 5.91 Å². The van der Waals surface area contributed by atoms with E-state index in [9.17, 15) is 9.18 Å². The number of nitrogens with one attached hydrogen (secondary N) is 2. The van der Waals surface area contributed by atoms with Crippen molar-refractivity contribution in [3.63, 3.8) is 0 Å². The van der Waals surface area contributed by atoms with Crippen LogP contribution in [-0.2, 0) is 0 Å². The zero-order valence-corrected chi connectivity index (χ0v) is 12.3. The Hall–Kier alpha value is -3.48. The van der Waals surface area contributed by atoms with E-state index in [1.54, 1.807) is 12.1 Å². The van der Waals surface area contributed by atoms with Crippen LogP contribution in [0.15, 0.2) is 59.1 Å². The molecule has 24 heavy (non-hydrogen) atoms. The van der Waals surface area contributed by atoms with Crippen LogP contribution < -0.4 is 5.32 Å². The Kier molecular flexibility index (Phi) is 3.31. The van der Waals surface area contributed by atoms with Gasteiger partial charge in [0.15, 0.2) is 0 Å². The average molecular weight is 322 g/mol. The van der Waals surface area contributed by atoms with Crippen molar-refractivity contribution in [2.45, 2.75) is 0 Å². The molecular weight excluding hydrogens is 311 g/mol. The van der Waals surface area contributed by atoms with Crippen LogP contribution in [0.2, 0.25) is 0 Å². The zero-order chi connectivity index (χ0) is 16.5. The summed E-state index contributed by atoms with van der Waals surface area (Å²) in [5.74, 6) is -0.562. The molecular formula is C17H11FN4O2. The lowest BCUT2D eigenvalue weighted by molar-refractivity contribution is 0.0987. The molecule has 6 nitrogen and oxygen atoms in total. The molecule has 2 heterocycles. The van der Waals surface area contributed by atoms with Crippen molar-refractivity contribution in [1.82, 2.24) is 15.1 Å². The predicted octanol–water partition coefficient (Wildman–Crippen LogP) is 3.61. The summed E-state index contributed by atoms with van der Waals surface area (Å²) in [6.45, 7) is 0. The molecule has 0 aliphatic carbocycles. The highest BCUT2D eigenvalue weighted by molar-refractivity contribution is 6.02. The molecule has 0 saturated heterocycles. The van der Waals surface area contributed by atoms with Gasteiger partial charge in [0.05, 0.1) is 11.0 Å². The normalized spacial score (nSPS) is 10.9. The molecule has 0 saturated carbocycles. The molecule has 0 unspecified atom stereocenters. The number of aromatic amines is 1. The number of benzene rings is 2. The van der Waals surface area contributed by atoms with Crippen LogP contribution in [0.5, 0.6) is 0 Å². The van der Waals surface area contributed by atoms with Crippen LogP contribution in [0.1, 0.15) is 10.6 Å². The summed E-state index contributed by atoms with van der Waals surface area (Å²) in [6.07, 6.45) is 0. The molecule has 0 radical (unpaired) electrons. The van der Waals surface area contributed by atoms with Gasteiger partial charge in [-0.25, -0.2) is 9.37 Å². The molecule has 0 atom stereocenters. The van der Waals surface area contributed by atoms with Gasteiger partial charge in [-0.15, -0.1) is 0 Å². The maximum Gasteiger partial charge on any atom is 0.296 e. The Morgan fingerprint density at radius 2 is 2.00 bits per heavy atom. The van der Waals surface area contributed by atoms with Gasteiger partial charge in [0, 0.05) is 11.6 Å². The van der Waals surface area contributed by atoms with Crippen molar-refractivity contribution in [1.29, 1.82) is 0 Å². The summed E-state index contributed by atoms with van der Waals surface area (Å²) in [5, 5.41) is 6.41. The monoisotopic (exact) mass is 322 g/mol. The number of aromatic nitrogens is 3. The lowest BCUT2D eigenvalue weighted by atomic mass is 10.1. The number of H-pyrrole nitrogens is 1. The Balaban J connectivity index is 1.56. The number of amides is 1. The molecule has 2 aromatic heterocycles. The molecule has 0 aliphatic rings. The number of imidazole rings is 1. The number of carbonyl (C=O) groups excluding carboxylic acids is 1. The largest absolute Gasteiger partial charge is 0.350 e. The van der Waals surface area contributed by atoms with Crippen LogP contribution in [-0.4, -0.2) is 21.0 Å². The lowest BCUT2D eigenvalue weighted by Gasteiger charge is -1.96. The Labute approximate surface area is 135 Å². The van der Waals surface area contributed by atoms with E-state index in [2.05, 4.69) is 20.4 Å². The van der Waals surface area contributed by atoms with Gasteiger partial charge in [0.2, 0.25) is 11.7 Å². The molecule has 4 rings (SSSR count). The predicted molar refractivity (Wildman–Crippen MR) is 85.9 cm³/mol. The summed E-state index contributed by atoms with van der Waals surface area (Å²) in [7, 11) is 0. The second-order valence-electron chi connectivity index (χ2n) is 5.14. The summed E-state index contributed by atoms with van der Waals surface area (Å²) in [5.41, 5.74) is 2.46. The number of rotatable bonds is 3. The quantitative estimate of drug-likeness (QED) is 0.603. The first-order valence-electron chi connectivity index (χ1n) is 7.18. The Morgan fingerprint density at radius 1 is 1.12 bits per heavy atom. The van der Waals surface area contributed by atoms with Gasteiger partial charge in [-0.2, -0.15) is 0 Å². The molecule has 0 aliphatic heterocycles. The Morgan fingerprint density at radius 3 is 2.83 bits per heavy atom. The van der Waals surface area contributed by atoms with Crippen LogP contribution in [0.4, 0.5) is 10.3 Å². The maximum atomic E-state index is 13.3. The van der Waals surface area contributed by atoms with E-state index in [-0.39, 0.29) is 11.6 Å². The molecule has 2 N–H and O–H groups in total. The van der Waals surface area contributed by atoms with Crippen LogP contribution in [0, 0.1) is 5.82 Å². The average Bonchev–Trinajstić information content (AvgIpc) is 3.21. The van der Waals surface area contributed by atoms with Crippen molar-refractivity contribution in [2.24, 2.45) is 0 Å². The summed E-state index contributed by atoms with van der Waals surface area (Å²) >= 11 is 0. The molecule has 4 aromatic rings. The van der Waals surface area contributed by atoms with Crippen LogP contribution >= 0.6 is 0 Å². The Bertz CT molecular complexity index is 1000. The fraction of sp³-hybridized carbons (Fsp3) is 0. The van der Waals surface area contributed by atoms with E-state index in [4.69, 9.17) is 4.52 Å². The van der Waals surface area contributed by atoms with Crippen LogP contribution in [0.3, 0.4) is 0 Å². The van der Waals surface area contributed by atoms with Crippen molar-refractivity contribution >= 4 is 22.9 Å². The number of carbonyl (C=O) groups is 1. The van der Waals surface area contributed by atoms with E-state index in [1.807, 2.05) is 24.3 Å². The van der Waals surface area contributed by atoms with Gasteiger partial charge in [0.1, 0.15) is 11.5 Å². The van der Waals surface area contributed by atoms with Crippen molar-refractivity contribution in [3.05, 3.63) is 66.2 Å². The van der Waals surface area contributed by atoms with E-state index >= 15 is 0 Å². The second kappa shape index (κ2) is 5.62. The SMILES string of the molecule is O=C(Nc1nc2ccccc2[nH]1)c1cc(-c2cccc(F)c2)no1. The molecule has 1 amide bonds. The minimum atomic E-state index is -0.496. The molecule has 118 valence electrons. The summed E-state index contributed by atoms with van der Waals surface area (Å²) in [6, 6.07) is 14.8. The number of halogens is 1. The van der Waals surface area contributed by atoms with Crippen molar-refractivity contribution in [2.75, 3.05) is 5.32 Å². The third-order valence-electron chi connectivity index (χ3n) is 3.48. The molecule has 0 bridgehead atoms. The van der Waals surface area contributed by atoms with Crippen molar-refractivity contribution < 1.29 is 13.7 Å². The molecule has 7 heteroatoms. The van der Waals surface area contributed by atoms with E-state index in [0.717, 1.165) is 11.0 Å². The van der Waals surface area contributed by atoms with Gasteiger partial charge in [-0.3, -0.25) is 10.1 Å². The zero-order valence-electron chi connectivity index (χ0n) is 12.3. The standard InChI is InChI=1S/C17H11FN4O2/c18-11-5-3-4-10(8-11)14-9-15(24-22-14)16(23)21-17-19-12-6-1-2-7-13(12)20-17/h1-9H,(H2,19,20,21,23). The maximum absolute atomic E-state index is 13.3. The number of hydrogen-bond acceptors (Lipinski definition) is 4. The highest BCUT2D eigenvalue weighted by Gasteiger charge is 2.16. The smallest absolute Gasteiger partial charge is 0.296 e. The first kappa shape index (κ1) is 14.1. The number of nitrogens with zero attached hydrogens (tertiary/aromatic N) is 2.